The lowest BCUT2D eigenvalue weighted by molar-refractivity contribution is 0.102. The summed E-state index contributed by atoms with van der Waals surface area (Å²) in [4.78, 5) is 14.8. The Hall–Kier alpha value is -2.38. The van der Waals surface area contributed by atoms with Gasteiger partial charge >= 0.3 is 0 Å². The molecule has 0 aliphatic carbocycles. The third-order valence-electron chi connectivity index (χ3n) is 4.16. The molecule has 146 valence electrons. The Labute approximate surface area is 161 Å². The zero-order valence-electron chi connectivity index (χ0n) is 16.2. The van der Waals surface area contributed by atoms with Crippen molar-refractivity contribution in [1.29, 1.82) is 0 Å². The van der Waals surface area contributed by atoms with Crippen LogP contribution in [0.15, 0.2) is 53.4 Å². The van der Waals surface area contributed by atoms with Crippen molar-refractivity contribution < 1.29 is 13.2 Å². The molecular weight excluding hydrogens is 362 g/mol. The number of benzene rings is 2. The van der Waals surface area contributed by atoms with Crippen molar-refractivity contribution >= 4 is 27.3 Å². The molecule has 1 amide bonds. The van der Waals surface area contributed by atoms with Crippen LogP contribution in [0.2, 0.25) is 0 Å². The van der Waals surface area contributed by atoms with Crippen LogP contribution in [0, 0.1) is 0 Å². The average Bonchev–Trinajstić information content (AvgIpc) is 2.63. The van der Waals surface area contributed by atoms with E-state index in [0.717, 1.165) is 12.2 Å². The number of amides is 1. The number of carbonyl (C=O) groups excluding carboxylic acids is 1. The van der Waals surface area contributed by atoms with E-state index in [9.17, 15) is 13.2 Å². The minimum atomic E-state index is -3.60. The van der Waals surface area contributed by atoms with Gasteiger partial charge in [0, 0.05) is 36.1 Å². The first kappa shape index (κ1) is 20.9. The third kappa shape index (κ3) is 5.30. The van der Waals surface area contributed by atoms with Gasteiger partial charge in [0.05, 0.1) is 4.90 Å². The normalized spacial score (nSPS) is 11.4. The van der Waals surface area contributed by atoms with Crippen LogP contribution in [0.5, 0.6) is 0 Å². The van der Waals surface area contributed by atoms with Gasteiger partial charge < -0.3 is 10.2 Å². The standard InChI is InChI=1S/C20H27N3O3S/c1-5-21-27(25,26)19-9-7-8-16(14-19)20(24)22-17-10-12-18(13-11-17)23(6-2)15(3)4/h7-15,21H,5-6H2,1-4H3,(H,22,24). The molecule has 0 aliphatic rings. The molecule has 0 heterocycles. The number of nitrogens with zero attached hydrogens (tertiary/aromatic N) is 1. The van der Waals surface area contributed by atoms with Crippen molar-refractivity contribution in [3.05, 3.63) is 54.1 Å². The molecule has 2 rings (SSSR count). The maximum absolute atomic E-state index is 12.5. The molecule has 0 atom stereocenters. The lowest BCUT2D eigenvalue weighted by Gasteiger charge is -2.27. The van der Waals surface area contributed by atoms with Gasteiger partial charge in [0.25, 0.3) is 5.91 Å². The van der Waals surface area contributed by atoms with Crippen molar-refractivity contribution in [3.8, 4) is 0 Å². The van der Waals surface area contributed by atoms with Gasteiger partial charge in [-0.25, -0.2) is 13.1 Å². The van der Waals surface area contributed by atoms with Crippen molar-refractivity contribution in [3.63, 3.8) is 0 Å². The number of sulfonamides is 1. The number of anilines is 2. The van der Waals surface area contributed by atoms with Crippen LogP contribution in [0.25, 0.3) is 0 Å². The monoisotopic (exact) mass is 389 g/mol. The van der Waals surface area contributed by atoms with Crippen molar-refractivity contribution in [2.75, 3.05) is 23.3 Å². The van der Waals surface area contributed by atoms with E-state index >= 15 is 0 Å². The molecule has 0 saturated heterocycles. The number of hydrogen-bond donors (Lipinski definition) is 2. The fraction of sp³-hybridized carbons (Fsp3) is 0.350. The second kappa shape index (κ2) is 9.01. The Bertz CT molecular complexity index is 878. The molecule has 0 bridgehead atoms. The summed E-state index contributed by atoms with van der Waals surface area (Å²) in [6.45, 7) is 9.26. The lowest BCUT2D eigenvalue weighted by Crippen LogP contribution is -2.30. The molecular formula is C20H27N3O3S. The molecule has 0 radical (unpaired) electrons. The molecule has 0 fully saturated rings. The summed E-state index contributed by atoms with van der Waals surface area (Å²) >= 11 is 0. The lowest BCUT2D eigenvalue weighted by atomic mass is 10.2. The number of rotatable bonds is 8. The molecule has 0 saturated carbocycles. The molecule has 2 aromatic carbocycles. The predicted octanol–water partition coefficient (Wildman–Crippen LogP) is 3.47. The number of hydrogen-bond acceptors (Lipinski definition) is 4. The molecule has 0 unspecified atom stereocenters. The van der Waals surface area contributed by atoms with E-state index in [0.29, 0.717) is 11.7 Å². The maximum atomic E-state index is 12.5. The Balaban J connectivity index is 2.16. The smallest absolute Gasteiger partial charge is 0.255 e. The van der Waals surface area contributed by atoms with Crippen LogP contribution in [0.3, 0.4) is 0 Å². The summed E-state index contributed by atoms with van der Waals surface area (Å²) in [7, 11) is -3.60. The summed E-state index contributed by atoms with van der Waals surface area (Å²) in [6.07, 6.45) is 0. The van der Waals surface area contributed by atoms with Crippen LogP contribution in [0.4, 0.5) is 11.4 Å². The second-order valence-electron chi connectivity index (χ2n) is 6.41. The molecule has 2 N–H and O–H groups in total. The van der Waals surface area contributed by atoms with E-state index < -0.39 is 10.0 Å². The zero-order chi connectivity index (χ0) is 20.0. The molecule has 2 aromatic rings. The number of carbonyl (C=O) groups is 1. The summed E-state index contributed by atoms with van der Waals surface area (Å²) in [5, 5.41) is 2.81. The van der Waals surface area contributed by atoms with Crippen LogP contribution in [-0.2, 0) is 10.0 Å². The van der Waals surface area contributed by atoms with Gasteiger partial charge in [0.2, 0.25) is 10.0 Å². The van der Waals surface area contributed by atoms with Crippen molar-refractivity contribution in [1.82, 2.24) is 4.72 Å². The average molecular weight is 390 g/mol. The van der Waals surface area contributed by atoms with E-state index in [1.165, 1.54) is 12.1 Å². The van der Waals surface area contributed by atoms with Gasteiger partial charge in [0.1, 0.15) is 0 Å². The minimum absolute atomic E-state index is 0.0721. The first-order chi connectivity index (χ1) is 12.8. The highest BCUT2D eigenvalue weighted by molar-refractivity contribution is 7.89. The van der Waals surface area contributed by atoms with Gasteiger partial charge in [-0.2, -0.15) is 0 Å². The molecule has 0 aromatic heterocycles. The van der Waals surface area contributed by atoms with Crippen LogP contribution in [-0.4, -0.2) is 33.5 Å². The minimum Gasteiger partial charge on any atom is -0.369 e. The predicted molar refractivity (Wildman–Crippen MR) is 110 cm³/mol. The Morgan fingerprint density at radius 2 is 1.74 bits per heavy atom. The first-order valence-corrected chi connectivity index (χ1v) is 10.5. The molecule has 6 nitrogen and oxygen atoms in total. The SMILES string of the molecule is CCNS(=O)(=O)c1cccc(C(=O)Nc2ccc(N(CC)C(C)C)cc2)c1. The van der Waals surface area contributed by atoms with Gasteiger partial charge in [-0.05, 0) is 63.2 Å². The fourth-order valence-corrected chi connectivity index (χ4v) is 3.95. The highest BCUT2D eigenvalue weighted by Gasteiger charge is 2.15. The summed E-state index contributed by atoms with van der Waals surface area (Å²) in [6, 6.07) is 14.0. The van der Waals surface area contributed by atoms with Crippen molar-refractivity contribution in [2.45, 2.75) is 38.6 Å². The van der Waals surface area contributed by atoms with Crippen LogP contribution < -0.4 is 14.9 Å². The van der Waals surface area contributed by atoms with Gasteiger partial charge in [-0.3, -0.25) is 4.79 Å². The maximum Gasteiger partial charge on any atom is 0.255 e. The molecule has 0 spiro atoms. The Morgan fingerprint density at radius 3 is 2.30 bits per heavy atom. The largest absolute Gasteiger partial charge is 0.369 e. The van der Waals surface area contributed by atoms with E-state index in [4.69, 9.17) is 0 Å². The summed E-state index contributed by atoms with van der Waals surface area (Å²) in [5.41, 5.74) is 2.03. The van der Waals surface area contributed by atoms with Crippen LogP contribution in [0.1, 0.15) is 38.1 Å². The zero-order valence-corrected chi connectivity index (χ0v) is 17.0. The van der Waals surface area contributed by atoms with Crippen molar-refractivity contribution in [2.24, 2.45) is 0 Å². The quantitative estimate of drug-likeness (QED) is 0.725. The molecule has 7 heteroatoms. The fourth-order valence-electron chi connectivity index (χ4n) is 2.86. The second-order valence-corrected chi connectivity index (χ2v) is 8.18. The van der Waals surface area contributed by atoms with Gasteiger partial charge in [-0.1, -0.05) is 13.0 Å². The molecule has 27 heavy (non-hydrogen) atoms. The summed E-state index contributed by atoms with van der Waals surface area (Å²) in [5.74, 6) is -0.354. The Kier molecular flexibility index (Phi) is 6.98. The van der Waals surface area contributed by atoms with Crippen LogP contribution >= 0.6 is 0 Å². The van der Waals surface area contributed by atoms with E-state index in [2.05, 4.69) is 35.7 Å². The highest BCUT2D eigenvalue weighted by atomic mass is 32.2. The third-order valence-corrected chi connectivity index (χ3v) is 5.70. The van der Waals surface area contributed by atoms with E-state index in [1.807, 2.05) is 24.3 Å². The highest BCUT2D eigenvalue weighted by Crippen LogP contribution is 2.20. The topological polar surface area (TPSA) is 78.5 Å². The molecule has 0 aliphatic heterocycles. The van der Waals surface area contributed by atoms with Gasteiger partial charge in [-0.15, -0.1) is 0 Å². The summed E-state index contributed by atoms with van der Waals surface area (Å²) < 4.78 is 26.6. The van der Waals surface area contributed by atoms with Gasteiger partial charge in [0.15, 0.2) is 0 Å². The number of nitrogens with one attached hydrogen (secondary N) is 2. The Morgan fingerprint density at radius 1 is 1.07 bits per heavy atom. The van der Waals surface area contributed by atoms with E-state index in [1.54, 1.807) is 19.1 Å². The first-order valence-electron chi connectivity index (χ1n) is 9.06. The van der Waals surface area contributed by atoms with E-state index in [-0.39, 0.29) is 22.9 Å².